The molecule has 1 unspecified atom stereocenters. The Bertz CT molecular complexity index is 1470. The molecule has 2 heterocycles. The number of halogens is 1. The van der Waals surface area contributed by atoms with E-state index in [1.807, 2.05) is 18.7 Å². The van der Waals surface area contributed by atoms with Gasteiger partial charge < -0.3 is 25.2 Å². The first-order chi connectivity index (χ1) is 19.6. The van der Waals surface area contributed by atoms with Crippen molar-refractivity contribution in [1.29, 1.82) is 0 Å². The van der Waals surface area contributed by atoms with E-state index in [-0.39, 0.29) is 29.5 Å². The van der Waals surface area contributed by atoms with E-state index in [2.05, 4.69) is 31.5 Å². The van der Waals surface area contributed by atoms with Crippen LogP contribution >= 0.6 is 27.3 Å². The molecule has 0 radical (unpaired) electrons. The van der Waals surface area contributed by atoms with Crippen molar-refractivity contribution < 1.29 is 29.0 Å². The number of aryl methyl sites for hydroxylation is 2. The van der Waals surface area contributed by atoms with Gasteiger partial charge in [0.2, 0.25) is 0 Å². The maximum absolute atomic E-state index is 13.3. The summed E-state index contributed by atoms with van der Waals surface area (Å²) in [6.45, 7) is 8.08. The zero-order valence-electron chi connectivity index (χ0n) is 22.9. The Morgan fingerprint density at radius 2 is 1.93 bits per heavy atom. The number of carbonyl (C=O) groups is 3. The lowest BCUT2D eigenvalue weighted by Gasteiger charge is -2.31. The number of nitrogens with zero attached hydrogens (tertiary/aromatic N) is 2. The molecule has 1 aliphatic rings. The van der Waals surface area contributed by atoms with E-state index >= 15 is 0 Å². The number of benzene rings is 2. The standard InChI is InChI=1S/C29H31BrN4O6S/c1-17-26(41-18(2)32-17)15-25(29(38)40-19(3)34-9-11-39-12-10-34)33-28(37)23-8-7-21(14-24(23)30)27(36)31-16-20-5-4-6-22(35)13-20/h4-8,13-15,19,35H,9-12,16H2,1-3H3,(H,31,36)(H,33,37). The number of nitrogens with one attached hydrogen (secondary N) is 2. The molecule has 10 nitrogen and oxygen atoms in total. The van der Waals surface area contributed by atoms with E-state index in [0.29, 0.717) is 36.3 Å². The Morgan fingerprint density at radius 3 is 2.59 bits per heavy atom. The smallest absolute Gasteiger partial charge is 0.356 e. The maximum atomic E-state index is 13.3. The van der Waals surface area contributed by atoms with E-state index in [1.165, 1.54) is 29.5 Å². The second-order valence-corrected chi connectivity index (χ2v) is 11.5. The molecule has 216 valence electrons. The lowest BCUT2D eigenvalue weighted by atomic mass is 10.1. The number of hydrogen-bond donors (Lipinski definition) is 3. The van der Waals surface area contributed by atoms with E-state index in [9.17, 15) is 19.5 Å². The van der Waals surface area contributed by atoms with Crippen molar-refractivity contribution in [2.24, 2.45) is 0 Å². The predicted octanol–water partition coefficient (Wildman–Crippen LogP) is 4.15. The Kier molecular flexibility index (Phi) is 10.3. The summed E-state index contributed by atoms with van der Waals surface area (Å²) in [5.41, 5.74) is 2.01. The first kappa shape index (κ1) is 30.4. The van der Waals surface area contributed by atoms with Crippen LogP contribution in [0.25, 0.3) is 6.08 Å². The molecule has 0 bridgehead atoms. The van der Waals surface area contributed by atoms with Crippen molar-refractivity contribution in [2.75, 3.05) is 26.3 Å². The van der Waals surface area contributed by atoms with Gasteiger partial charge in [-0.25, -0.2) is 9.78 Å². The monoisotopic (exact) mass is 642 g/mol. The summed E-state index contributed by atoms with van der Waals surface area (Å²) in [5, 5.41) is 15.9. The second kappa shape index (κ2) is 13.9. The van der Waals surface area contributed by atoms with Crippen molar-refractivity contribution in [3.8, 4) is 5.75 Å². The summed E-state index contributed by atoms with van der Waals surface area (Å²) in [4.78, 5) is 46.4. The minimum atomic E-state index is -0.679. The van der Waals surface area contributed by atoms with E-state index in [4.69, 9.17) is 9.47 Å². The minimum Gasteiger partial charge on any atom is -0.508 e. The van der Waals surface area contributed by atoms with Crippen LogP contribution in [0.4, 0.5) is 0 Å². The molecule has 2 aromatic carbocycles. The number of hydrogen-bond acceptors (Lipinski definition) is 9. The van der Waals surface area contributed by atoms with Crippen LogP contribution < -0.4 is 10.6 Å². The summed E-state index contributed by atoms with van der Waals surface area (Å²) < 4.78 is 11.5. The van der Waals surface area contributed by atoms with Gasteiger partial charge in [0.1, 0.15) is 11.4 Å². The number of aromatic hydroxyl groups is 1. The molecule has 3 N–H and O–H groups in total. The van der Waals surface area contributed by atoms with Crippen molar-refractivity contribution in [3.05, 3.63) is 84.9 Å². The van der Waals surface area contributed by atoms with Gasteiger partial charge in [-0.15, -0.1) is 11.3 Å². The summed E-state index contributed by atoms with van der Waals surface area (Å²) in [7, 11) is 0. The second-order valence-electron chi connectivity index (χ2n) is 9.39. The number of phenolic OH excluding ortho intramolecular Hbond substituents is 1. The quantitative estimate of drug-likeness (QED) is 0.234. The Hall–Kier alpha value is -3.58. The number of carbonyl (C=O) groups excluding carboxylic acids is 3. The summed E-state index contributed by atoms with van der Waals surface area (Å²) in [6.07, 6.45) is 1.06. The van der Waals surface area contributed by atoms with Gasteiger partial charge in [0, 0.05) is 29.7 Å². The number of amides is 2. The molecule has 4 rings (SSSR count). The third kappa shape index (κ3) is 8.23. The SMILES string of the molecule is Cc1nc(C)c(C=C(NC(=O)c2ccc(C(=O)NCc3cccc(O)c3)cc2Br)C(=O)OC(C)N2CCOCC2)s1. The van der Waals surface area contributed by atoms with Crippen LogP contribution in [0.2, 0.25) is 0 Å². The summed E-state index contributed by atoms with van der Waals surface area (Å²) in [6, 6.07) is 11.2. The molecule has 1 aromatic heterocycles. The van der Waals surface area contributed by atoms with Crippen molar-refractivity contribution in [1.82, 2.24) is 20.5 Å². The van der Waals surface area contributed by atoms with Gasteiger partial charge in [-0.05, 0) is 78.7 Å². The van der Waals surface area contributed by atoms with Crippen molar-refractivity contribution >= 4 is 51.1 Å². The summed E-state index contributed by atoms with van der Waals surface area (Å²) >= 11 is 4.79. The number of morpholine rings is 1. The van der Waals surface area contributed by atoms with Gasteiger partial charge in [-0.1, -0.05) is 12.1 Å². The summed E-state index contributed by atoms with van der Waals surface area (Å²) in [5.74, 6) is -1.46. The zero-order chi connectivity index (χ0) is 29.5. The van der Waals surface area contributed by atoms with Gasteiger partial charge in [0.15, 0.2) is 6.23 Å². The van der Waals surface area contributed by atoms with Crippen LogP contribution in [0.1, 0.15) is 48.8 Å². The number of esters is 1. The van der Waals surface area contributed by atoms with Crippen molar-refractivity contribution in [2.45, 2.75) is 33.5 Å². The third-order valence-electron chi connectivity index (χ3n) is 6.36. The molecule has 2 amide bonds. The molecule has 1 fully saturated rings. The van der Waals surface area contributed by atoms with Crippen LogP contribution in [0, 0.1) is 13.8 Å². The van der Waals surface area contributed by atoms with Gasteiger partial charge in [-0.3, -0.25) is 14.5 Å². The van der Waals surface area contributed by atoms with Crippen LogP contribution in [-0.4, -0.2) is 65.3 Å². The number of rotatable bonds is 9. The van der Waals surface area contributed by atoms with Crippen LogP contribution in [0.5, 0.6) is 5.75 Å². The van der Waals surface area contributed by atoms with Crippen molar-refractivity contribution in [3.63, 3.8) is 0 Å². The fraction of sp³-hybridized carbons (Fsp3) is 0.310. The minimum absolute atomic E-state index is 0.0262. The molecule has 41 heavy (non-hydrogen) atoms. The highest BCUT2D eigenvalue weighted by molar-refractivity contribution is 9.10. The largest absolute Gasteiger partial charge is 0.508 e. The number of aromatic nitrogens is 1. The molecule has 1 aliphatic heterocycles. The lowest BCUT2D eigenvalue weighted by molar-refractivity contribution is -0.156. The predicted molar refractivity (Wildman–Crippen MR) is 158 cm³/mol. The van der Waals surface area contributed by atoms with Crippen LogP contribution in [0.15, 0.2) is 52.6 Å². The molecule has 1 saturated heterocycles. The first-order valence-corrected chi connectivity index (χ1v) is 14.6. The van der Waals surface area contributed by atoms with E-state index in [1.54, 1.807) is 37.3 Å². The molecular weight excluding hydrogens is 612 g/mol. The Morgan fingerprint density at radius 1 is 1.17 bits per heavy atom. The lowest BCUT2D eigenvalue weighted by Crippen LogP contribution is -2.44. The van der Waals surface area contributed by atoms with E-state index in [0.717, 1.165) is 21.1 Å². The highest BCUT2D eigenvalue weighted by atomic mass is 79.9. The molecule has 0 spiro atoms. The average Bonchev–Trinajstić information content (AvgIpc) is 3.27. The maximum Gasteiger partial charge on any atom is 0.356 e. The zero-order valence-corrected chi connectivity index (χ0v) is 25.3. The fourth-order valence-electron chi connectivity index (χ4n) is 4.17. The van der Waals surface area contributed by atoms with Gasteiger partial charge in [0.05, 0.1) is 34.4 Å². The Labute approximate surface area is 250 Å². The number of phenols is 1. The molecule has 3 aromatic rings. The Balaban J connectivity index is 1.49. The highest BCUT2D eigenvalue weighted by Crippen LogP contribution is 2.23. The molecule has 12 heteroatoms. The highest BCUT2D eigenvalue weighted by Gasteiger charge is 2.25. The fourth-order valence-corrected chi connectivity index (χ4v) is 5.60. The van der Waals surface area contributed by atoms with Gasteiger partial charge >= 0.3 is 5.97 Å². The van der Waals surface area contributed by atoms with Gasteiger partial charge in [-0.2, -0.15) is 0 Å². The van der Waals surface area contributed by atoms with Crippen LogP contribution in [0.3, 0.4) is 0 Å². The molecule has 1 atom stereocenters. The average molecular weight is 644 g/mol. The molecule has 0 aliphatic carbocycles. The first-order valence-electron chi connectivity index (χ1n) is 13.0. The molecular formula is C29H31BrN4O6S. The number of ether oxygens (including phenoxy) is 2. The normalized spacial score (nSPS) is 14.8. The van der Waals surface area contributed by atoms with Gasteiger partial charge in [0.25, 0.3) is 11.8 Å². The topological polar surface area (TPSA) is 130 Å². The number of thiazole rings is 1. The van der Waals surface area contributed by atoms with E-state index < -0.39 is 18.1 Å². The molecule has 0 saturated carbocycles. The van der Waals surface area contributed by atoms with Crippen LogP contribution in [-0.2, 0) is 20.8 Å². The third-order valence-corrected chi connectivity index (χ3v) is 8.04.